The Hall–Kier alpha value is -1.84. The number of benzene rings is 2. The molecule has 0 heterocycles. The lowest BCUT2D eigenvalue weighted by atomic mass is 9.93. The van der Waals surface area contributed by atoms with Crippen LogP contribution in [0.4, 0.5) is 5.69 Å². The molecule has 0 spiro atoms. The average molecular weight is 256 g/mol. The highest BCUT2D eigenvalue weighted by Crippen LogP contribution is 2.23. The van der Waals surface area contributed by atoms with Gasteiger partial charge in [-0.25, -0.2) is 0 Å². The fraction of sp³-hybridized carbons (Fsp3) is 0.250. The number of para-hydroxylation sites is 1. The number of aliphatic hydroxyl groups is 1. The first-order chi connectivity index (χ1) is 9.15. The number of hydrogen-bond donors (Lipinski definition) is 2. The van der Waals surface area contributed by atoms with Gasteiger partial charge in [0.25, 0.3) is 0 Å². The first-order valence-electron chi connectivity index (χ1n) is 6.40. The molecule has 100 valence electrons. The van der Waals surface area contributed by atoms with Crippen LogP contribution in [0.1, 0.15) is 5.56 Å². The highest BCUT2D eigenvalue weighted by atomic mass is 16.3. The third-order valence-corrected chi connectivity index (χ3v) is 3.34. The molecule has 0 aromatic heterocycles. The number of rotatable bonds is 5. The van der Waals surface area contributed by atoms with Crippen LogP contribution in [0.15, 0.2) is 60.7 Å². The van der Waals surface area contributed by atoms with Gasteiger partial charge in [-0.3, -0.25) is 0 Å². The molecule has 0 amide bonds. The van der Waals surface area contributed by atoms with Crippen LogP contribution < -0.4 is 10.6 Å². The highest BCUT2D eigenvalue weighted by molar-refractivity contribution is 5.46. The van der Waals surface area contributed by atoms with Gasteiger partial charge in [0.15, 0.2) is 0 Å². The van der Waals surface area contributed by atoms with Crippen molar-refractivity contribution in [1.82, 2.24) is 0 Å². The summed E-state index contributed by atoms with van der Waals surface area (Å²) in [4.78, 5) is 2.01. The summed E-state index contributed by atoms with van der Waals surface area (Å²) in [6.45, 7) is 0.645. The second-order valence-corrected chi connectivity index (χ2v) is 4.79. The predicted molar refractivity (Wildman–Crippen MR) is 79.1 cm³/mol. The van der Waals surface area contributed by atoms with Crippen molar-refractivity contribution in [1.29, 1.82) is 0 Å². The Morgan fingerprint density at radius 2 is 1.53 bits per heavy atom. The number of nitrogens with two attached hydrogens (primary N) is 1. The van der Waals surface area contributed by atoms with E-state index in [1.807, 2.05) is 72.6 Å². The maximum absolute atomic E-state index is 10.8. The Morgan fingerprint density at radius 3 is 2.05 bits per heavy atom. The molecule has 3 nitrogen and oxygen atoms in total. The van der Waals surface area contributed by atoms with E-state index in [0.717, 1.165) is 11.3 Å². The molecular formula is C16H20N2O. The number of likely N-dealkylation sites (N-methyl/N-ethyl adjacent to an activating group) is 1. The Kier molecular flexibility index (Phi) is 4.20. The van der Waals surface area contributed by atoms with Crippen molar-refractivity contribution in [2.24, 2.45) is 5.73 Å². The Labute approximate surface area is 114 Å². The van der Waals surface area contributed by atoms with Crippen molar-refractivity contribution in [3.63, 3.8) is 0 Å². The molecule has 0 saturated carbocycles. The SMILES string of the molecule is CN(CC(O)(CN)c1ccccc1)c1ccccc1. The zero-order valence-electron chi connectivity index (χ0n) is 11.2. The molecule has 1 atom stereocenters. The Balaban J connectivity index is 2.20. The quantitative estimate of drug-likeness (QED) is 0.860. The lowest BCUT2D eigenvalue weighted by molar-refractivity contribution is 0.0543. The van der Waals surface area contributed by atoms with Gasteiger partial charge in [-0.05, 0) is 17.7 Å². The van der Waals surface area contributed by atoms with Gasteiger partial charge in [0.2, 0.25) is 0 Å². The summed E-state index contributed by atoms with van der Waals surface area (Å²) in [5.41, 5.74) is 6.66. The van der Waals surface area contributed by atoms with E-state index in [1.165, 1.54) is 0 Å². The van der Waals surface area contributed by atoms with E-state index in [2.05, 4.69) is 0 Å². The molecule has 0 aliphatic rings. The van der Waals surface area contributed by atoms with Crippen LogP contribution in [0.5, 0.6) is 0 Å². The largest absolute Gasteiger partial charge is 0.382 e. The van der Waals surface area contributed by atoms with Crippen molar-refractivity contribution < 1.29 is 5.11 Å². The summed E-state index contributed by atoms with van der Waals surface area (Å²) in [6, 6.07) is 19.6. The number of anilines is 1. The smallest absolute Gasteiger partial charge is 0.119 e. The van der Waals surface area contributed by atoms with Gasteiger partial charge in [0, 0.05) is 19.3 Å². The molecule has 2 aromatic rings. The maximum atomic E-state index is 10.8. The van der Waals surface area contributed by atoms with Gasteiger partial charge in [-0.2, -0.15) is 0 Å². The lowest BCUT2D eigenvalue weighted by Crippen LogP contribution is -2.45. The van der Waals surface area contributed by atoms with Crippen LogP contribution in [0.3, 0.4) is 0 Å². The van der Waals surface area contributed by atoms with Gasteiger partial charge in [-0.15, -0.1) is 0 Å². The normalized spacial score (nSPS) is 13.8. The molecule has 3 heteroatoms. The predicted octanol–water partition coefficient (Wildman–Crippen LogP) is 1.97. The lowest BCUT2D eigenvalue weighted by Gasteiger charge is -2.33. The third kappa shape index (κ3) is 3.13. The van der Waals surface area contributed by atoms with E-state index in [1.54, 1.807) is 0 Å². The zero-order valence-corrected chi connectivity index (χ0v) is 11.2. The van der Waals surface area contributed by atoms with Crippen molar-refractivity contribution >= 4 is 5.69 Å². The molecule has 2 rings (SSSR count). The molecule has 2 aromatic carbocycles. The monoisotopic (exact) mass is 256 g/mol. The van der Waals surface area contributed by atoms with Crippen LogP contribution in [-0.4, -0.2) is 25.2 Å². The van der Waals surface area contributed by atoms with E-state index in [4.69, 9.17) is 5.73 Å². The molecule has 0 saturated heterocycles. The molecular weight excluding hydrogens is 236 g/mol. The van der Waals surface area contributed by atoms with Crippen molar-refractivity contribution in [2.75, 3.05) is 25.0 Å². The molecule has 0 radical (unpaired) electrons. The molecule has 0 fully saturated rings. The summed E-state index contributed by atoms with van der Waals surface area (Å²) >= 11 is 0. The minimum Gasteiger partial charge on any atom is -0.382 e. The van der Waals surface area contributed by atoms with Gasteiger partial charge < -0.3 is 15.7 Å². The minimum atomic E-state index is -1.04. The third-order valence-electron chi connectivity index (χ3n) is 3.34. The average Bonchev–Trinajstić information content (AvgIpc) is 2.49. The standard InChI is InChI=1S/C16H20N2O/c1-18(15-10-6-3-7-11-15)13-16(19,12-17)14-8-4-2-5-9-14/h2-11,19H,12-13,17H2,1H3. The van der Waals surface area contributed by atoms with Crippen LogP contribution in [-0.2, 0) is 5.60 Å². The van der Waals surface area contributed by atoms with Crippen molar-refractivity contribution in [3.05, 3.63) is 66.2 Å². The topological polar surface area (TPSA) is 49.5 Å². The number of nitrogens with zero attached hydrogens (tertiary/aromatic N) is 1. The van der Waals surface area contributed by atoms with E-state index in [9.17, 15) is 5.11 Å². The van der Waals surface area contributed by atoms with Gasteiger partial charge in [0.05, 0.1) is 6.54 Å². The van der Waals surface area contributed by atoms with E-state index >= 15 is 0 Å². The van der Waals surface area contributed by atoms with Gasteiger partial charge in [0.1, 0.15) is 5.60 Å². The molecule has 1 unspecified atom stereocenters. The maximum Gasteiger partial charge on any atom is 0.119 e. The zero-order chi connectivity index (χ0) is 13.7. The fourth-order valence-corrected chi connectivity index (χ4v) is 2.19. The van der Waals surface area contributed by atoms with E-state index in [-0.39, 0.29) is 6.54 Å². The summed E-state index contributed by atoms with van der Waals surface area (Å²) < 4.78 is 0. The van der Waals surface area contributed by atoms with Crippen LogP contribution in [0.2, 0.25) is 0 Å². The first kappa shape index (κ1) is 13.6. The van der Waals surface area contributed by atoms with Crippen LogP contribution in [0, 0.1) is 0 Å². The molecule has 0 aliphatic heterocycles. The van der Waals surface area contributed by atoms with Crippen molar-refractivity contribution in [3.8, 4) is 0 Å². The summed E-state index contributed by atoms with van der Waals surface area (Å²) in [7, 11) is 1.96. The molecule has 0 aliphatic carbocycles. The van der Waals surface area contributed by atoms with Gasteiger partial charge in [-0.1, -0.05) is 48.5 Å². The van der Waals surface area contributed by atoms with Gasteiger partial charge >= 0.3 is 0 Å². The summed E-state index contributed by atoms with van der Waals surface area (Å²) in [5.74, 6) is 0. The summed E-state index contributed by atoms with van der Waals surface area (Å²) in [6.07, 6.45) is 0. The van der Waals surface area contributed by atoms with Crippen LogP contribution in [0.25, 0.3) is 0 Å². The number of hydrogen-bond acceptors (Lipinski definition) is 3. The van der Waals surface area contributed by atoms with Crippen molar-refractivity contribution in [2.45, 2.75) is 5.60 Å². The second-order valence-electron chi connectivity index (χ2n) is 4.79. The first-order valence-corrected chi connectivity index (χ1v) is 6.40. The van der Waals surface area contributed by atoms with Crippen LogP contribution >= 0.6 is 0 Å². The highest BCUT2D eigenvalue weighted by Gasteiger charge is 2.29. The van der Waals surface area contributed by atoms with E-state index < -0.39 is 5.60 Å². The fourth-order valence-electron chi connectivity index (χ4n) is 2.19. The molecule has 0 bridgehead atoms. The second kappa shape index (κ2) is 5.87. The Bertz CT molecular complexity index is 501. The molecule has 19 heavy (non-hydrogen) atoms. The molecule has 3 N–H and O–H groups in total. The van der Waals surface area contributed by atoms with E-state index in [0.29, 0.717) is 6.54 Å². The Morgan fingerprint density at radius 1 is 1.00 bits per heavy atom. The summed E-state index contributed by atoms with van der Waals surface area (Å²) in [5, 5.41) is 10.8. The minimum absolute atomic E-state index is 0.189.